The van der Waals surface area contributed by atoms with Crippen molar-refractivity contribution in [3.63, 3.8) is 0 Å². The number of benzene rings is 1. The van der Waals surface area contributed by atoms with Crippen LogP contribution in [0.3, 0.4) is 0 Å². The summed E-state index contributed by atoms with van der Waals surface area (Å²) in [5.41, 5.74) is 5.49. The molecule has 86 valence electrons. The number of hydrogen-bond acceptors (Lipinski definition) is 3. The Bertz CT molecular complexity index is 376. The molecule has 5 heteroatoms. The Kier molecular flexibility index (Phi) is 4.02. The van der Waals surface area contributed by atoms with Crippen LogP contribution in [0.4, 0.5) is 4.79 Å². The van der Waals surface area contributed by atoms with Gasteiger partial charge in [0.05, 0.1) is 12.0 Å². The molecule has 3 amide bonds. The molecule has 4 N–H and O–H groups in total. The molecule has 1 aromatic rings. The van der Waals surface area contributed by atoms with Gasteiger partial charge in [-0.15, -0.1) is 0 Å². The second kappa shape index (κ2) is 5.27. The van der Waals surface area contributed by atoms with Gasteiger partial charge in [0.25, 0.3) is 0 Å². The van der Waals surface area contributed by atoms with E-state index in [0.717, 1.165) is 0 Å². The van der Waals surface area contributed by atoms with Gasteiger partial charge >= 0.3 is 6.03 Å². The van der Waals surface area contributed by atoms with Crippen LogP contribution in [0.5, 0.6) is 0 Å². The highest BCUT2D eigenvalue weighted by atomic mass is 16.3. The number of aliphatic hydroxyl groups excluding tert-OH is 1. The normalized spacial score (nSPS) is 13.9. The zero-order valence-corrected chi connectivity index (χ0v) is 8.88. The zero-order chi connectivity index (χ0) is 12.1. The van der Waals surface area contributed by atoms with E-state index in [9.17, 15) is 14.7 Å². The summed E-state index contributed by atoms with van der Waals surface area (Å²) < 4.78 is 0. The predicted molar refractivity (Wildman–Crippen MR) is 58.6 cm³/mol. The van der Waals surface area contributed by atoms with Crippen molar-refractivity contribution in [2.45, 2.75) is 18.9 Å². The number of amides is 3. The third-order valence-corrected chi connectivity index (χ3v) is 2.17. The van der Waals surface area contributed by atoms with E-state index in [1.54, 1.807) is 30.3 Å². The zero-order valence-electron chi connectivity index (χ0n) is 8.88. The first-order valence-corrected chi connectivity index (χ1v) is 4.85. The van der Waals surface area contributed by atoms with Gasteiger partial charge in [-0.25, -0.2) is 4.79 Å². The minimum absolute atomic E-state index is 0.603. The summed E-state index contributed by atoms with van der Waals surface area (Å²) >= 11 is 0. The Morgan fingerprint density at radius 3 is 2.31 bits per heavy atom. The fraction of sp³-hybridized carbons (Fsp3) is 0.273. The highest BCUT2D eigenvalue weighted by molar-refractivity contribution is 5.97. The molecule has 0 aliphatic heterocycles. The maximum Gasteiger partial charge on any atom is 0.318 e. The SMILES string of the molecule is CC(O)C(C(=O)NC(N)=O)c1ccccc1. The van der Waals surface area contributed by atoms with Crippen LogP contribution >= 0.6 is 0 Å². The number of carbonyl (C=O) groups is 2. The van der Waals surface area contributed by atoms with Crippen LogP contribution in [0.15, 0.2) is 30.3 Å². The molecular weight excluding hydrogens is 208 g/mol. The van der Waals surface area contributed by atoms with Crippen LogP contribution in [0.1, 0.15) is 18.4 Å². The summed E-state index contributed by atoms with van der Waals surface area (Å²) in [6.07, 6.45) is -0.901. The molecule has 0 fully saturated rings. The molecule has 2 atom stereocenters. The van der Waals surface area contributed by atoms with Gasteiger partial charge in [-0.2, -0.15) is 0 Å². The molecule has 0 aliphatic carbocycles. The lowest BCUT2D eigenvalue weighted by atomic mass is 9.93. The molecule has 0 aliphatic rings. The molecule has 0 saturated carbocycles. The average molecular weight is 222 g/mol. The molecule has 1 rings (SSSR count). The lowest BCUT2D eigenvalue weighted by molar-refractivity contribution is -0.123. The Labute approximate surface area is 93.3 Å². The van der Waals surface area contributed by atoms with Crippen molar-refractivity contribution in [1.82, 2.24) is 5.32 Å². The number of rotatable bonds is 3. The smallest absolute Gasteiger partial charge is 0.318 e. The minimum atomic E-state index is -0.924. The summed E-state index contributed by atoms with van der Waals surface area (Å²) in [6, 6.07) is 7.79. The monoisotopic (exact) mass is 222 g/mol. The van der Waals surface area contributed by atoms with E-state index >= 15 is 0 Å². The molecule has 0 saturated heterocycles. The summed E-state index contributed by atoms with van der Waals surface area (Å²) in [7, 11) is 0. The van der Waals surface area contributed by atoms with E-state index in [-0.39, 0.29) is 0 Å². The van der Waals surface area contributed by atoms with Crippen LogP contribution in [0.25, 0.3) is 0 Å². The molecule has 16 heavy (non-hydrogen) atoms. The highest BCUT2D eigenvalue weighted by Gasteiger charge is 2.26. The molecule has 0 radical (unpaired) electrons. The second-order valence-corrected chi connectivity index (χ2v) is 3.48. The largest absolute Gasteiger partial charge is 0.392 e. The molecule has 1 aromatic carbocycles. The fourth-order valence-corrected chi connectivity index (χ4v) is 1.51. The number of nitrogens with one attached hydrogen (secondary N) is 1. The molecule has 0 bridgehead atoms. The van der Waals surface area contributed by atoms with Gasteiger partial charge in [-0.1, -0.05) is 30.3 Å². The van der Waals surface area contributed by atoms with E-state index < -0.39 is 24.0 Å². The van der Waals surface area contributed by atoms with E-state index in [4.69, 9.17) is 5.73 Å². The van der Waals surface area contributed by atoms with Crippen molar-refractivity contribution in [1.29, 1.82) is 0 Å². The molecule has 0 spiro atoms. The predicted octanol–water partition coefficient (Wildman–Crippen LogP) is 0.346. The number of hydrogen-bond donors (Lipinski definition) is 3. The minimum Gasteiger partial charge on any atom is -0.392 e. The first-order chi connectivity index (χ1) is 7.52. The van der Waals surface area contributed by atoms with Crippen molar-refractivity contribution in [2.24, 2.45) is 5.73 Å². The summed E-state index contributed by atoms with van der Waals surface area (Å²) in [4.78, 5) is 22.2. The maximum absolute atomic E-state index is 11.6. The van der Waals surface area contributed by atoms with Crippen LogP contribution in [0, 0.1) is 0 Å². The van der Waals surface area contributed by atoms with Gasteiger partial charge < -0.3 is 10.8 Å². The average Bonchev–Trinajstić information content (AvgIpc) is 2.17. The number of aliphatic hydroxyl groups is 1. The number of carbonyl (C=O) groups excluding carboxylic acids is 2. The number of nitrogens with two attached hydrogens (primary N) is 1. The Morgan fingerprint density at radius 1 is 1.31 bits per heavy atom. The fourth-order valence-electron chi connectivity index (χ4n) is 1.51. The highest BCUT2D eigenvalue weighted by Crippen LogP contribution is 2.19. The molecule has 2 unspecified atom stereocenters. The molecule has 5 nitrogen and oxygen atoms in total. The first-order valence-electron chi connectivity index (χ1n) is 4.85. The van der Waals surface area contributed by atoms with Crippen molar-refractivity contribution >= 4 is 11.9 Å². The summed E-state index contributed by atoms with van der Waals surface area (Å²) in [6.45, 7) is 1.48. The Hall–Kier alpha value is -1.88. The number of urea groups is 1. The maximum atomic E-state index is 11.6. The number of imide groups is 1. The van der Waals surface area contributed by atoms with Gasteiger partial charge in [0.1, 0.15) is 0 Å². The van der Waals surface area contributed by atoms with Gasteiger partial charge in [0.2, 0.25) is 5.91 Å². The first kappa shape index (κ1) is 12.2. The van der Waals surface area contributed by atoms with Crippen LogP contribution < -0.4 is 11.1 Å². The quantitative estimate of drug-likeness (QED) is 0.688. The van der Waals surface area contributed by atoms with E-state index in [0.29, 0.717) is 5.56 Å². The topological polar surface area (TPSA) is 92.4 Å². The Balaban J connectivity index is 2.92. The summed E-state index contributed by atoms with van der Waals surface area (Å²) in [5, 5.41) is 11.5. The van der Waals surface area contributed by atoms with Gasteiger partial charge in [0, 0.05) is 0 Å². The Morgan fingerprint density at radius 2 is 1.88 bits per heavy atom. The van der Waals surface area contributed by atoms with Crippen LogP contribution in [-0.2, 0) is 4.79 Å². The standard InChI is InChI=1S/C11H14N2O3/c1-7(14)9(10(15)13-11(12)16)8-5-3-2-4-6-8/h2-7,9,14H,1H3,(H3,12,13,15,16). The van der Waals surface area contributed by atoms with Gasteiger partial charge in [-0.3, -0.25) is 10.1 Å². The molecule has 0 heterocycles. The molecular formula is C11H14N2O3. The van der Waals surface area contributed by atoms with Crippen molar-refractivity contribution < 1.29 is 14.7 Å². The van der Waals surface area contributed by atoms with E-state index in [1.807, 2.05) is 5.32 Å². The van der Waals surface area contributed by atoms with Crippen molar-refractivity contribution in [3.8, 4) is 0 Å². The van der Waals surface area contributed by atoms with Crippen molar-refractivity contribution in [3.05, 3.63) is 35.9 Å². The van der Waals surface area contributed by atoms with Gasteiger partial charge in [0.15, 0.2) is 0 Å². The molecule has 0 aromatic heterocycles. The van der Waals surface area contributed by atoms with Crippen molar-refractivity contribution in [2.75, 3.05) is 0 Å². The third-order valence-electron chi connectivity index (χ3n) is 2.17. The van der Waals surface area contributed by atoms with E-state index in [1.165, 1.54) is 6.92 Å². The van der Waals surface area contributed by atoms with Gasteiger partial charge in [-0.05, 0) is 12.5 Å². The van der Waals surface area contributed by atoms with E-state index in [2.05, 4.69) is 0 Å². The van der Waals surface area contributed by atoms with Crippen LogP contribution in [0.2, 0.25) is 0 Å². The lowest BCUT2D eigenvalue weighted by Crippen LogP contribution is -2.41. The van der Waals surface area contributed by atoms with Crippen LogP contribution in [-0.4, -0.2) is 23.1 Å². The third kappa shape index (κ3) is 3.06. The number of primary amides is 1. The lowest BCUT2D eigenvalue weighted by Gasteiger charge is -2.18. The summed E-state index contributed by atoms with van der Waals surface area (Å²) in [5.74, 6) is -1.40. The second-order valence-electron chi connectivity index (χ2n) is 3.48.